The lowest BCUT2D eigenvalue weighted by atomic mass is 9.41. The minimum atomic E-state index is -1.01. The lowest BCUT2D eigenvalue weighted by Gasteiger charge is -2.64. The smallest absolute Gasteiger partial charge is 0.170 e. The van der Waals surface area contributed by atoms with E-state index >= 15 is 0 Å². The van der Waals surface area contributed by atoms with Crippen LogP contribution in [0.4, 0.5) is 0 Å². The summed E-state index contributed by atoms with van der Waals surface area (Å²) in [5, 5.41) is 23.7. The van der Waals surface area contributed by atoms with E-state index in [0.717, 1.165) is 39.1 Å². The van der Waals surface area contributed by atoms with Gasteiger partial charge in [-0.25, -0.2) is 0 Å². The second kappa shape index (κ2) is 12.3. The Balaban J connectivity index is 0.993. The van der Waals surface area contributed by atoms with Crippen molar-refractivity contribution in [1.82, 2.24) is 9.80 Å². The van der Waals surface area contributed by atoms with E-state index in [4.69, 9.17) is 18.9 Å². The molecule has 0 amide bonds. The molecule has 0 radical (unpaired) electrons. The molecule has 0 aromatic heterocycles. The highest BCUT2D eigenvalue weighted by molar-refractivity contribution is 5.33. The first-order chi connectivity index (χ1) is 23.5. The molecule has 5 saturated carbocycles. The van der Waals surface area contributed by atoms with Crippen molar-refractivity contribution in [3.8, 4) is 0 Å². The Morgan fingerprint density at radius 2 is 1.70 bits per heavy atom. The van der Waals surface area contributed by atoms with Crippen molar-refractivity contribution >= 4 is 0 Å². The number of rotatable bonds is 9. The summed E-state index contributed by atoms with van der Waals surface area (Å²) < 4.78 is 26.5. The maximum absolute atomic E-state index is 12.6. The van der Waals surface area contributed by atoms with E-state index in [9.17, 15) is 10.2 Å². The number of fused-ring (bicyclic) bond motifs is 4. The molecule has 8 fully saturated rings. The molecule has 3 aliphatic heterocycles. The maximum Gasteiger partial charge on any atom is 0.170 e. The van der Waals surface area contributed by atoms with Gasteiger partial charge in [0.2, 0.25) is 0 Å². The standard InChI is InChI=1S/C42H72N2O6/c1-10-47-36(38(6,7)46)28-22-26(2)33-34(49-28)35(45)40(9)30-13-12-29-37(4,5)31(14-15-41(29)25-42(30,41)17-16-39(33,40)8)50-32-24-44(20-21-48-32)27(3)23-43-18-11-19-43/h26-36,45-46H,10-25H2,1-9H3/t26-,27+,28-,29+,30+,31+,32+,33+,34+,35+,36+,39-,40-,41-,42+/m1/s1. The average molecular weight is 701 g/mol. The van der Waals surface area contributed by atoms with Crippen LogP contribution in [0.25, 0.3) is 0 Å². The zero-order chi connectivity index (χ0) is 35.6. The summed E-state index contributed by atoms with van der Waals surface area (Å²) in [4.78, 5) is 5.18. The summed E-state index contributed by atoms with van der Waals surface area (Å²) in [5.74, 6) is 1.86. The highest BCUT2D eigenvalue weighted by Gasteiger charge is 2.84. The van der Waals surface area contributed by atoms with Gasteiger partial charge in [0.1, 0.15) is 6.10 Å². The Hall–Kier alpha value is -0.320. The number of ether oxygens (including phenoxy) is 4. The second-order valence-electron chi connectivity index (χ2n) is 20.5. The van der Waals surface area contributed by atoms with Crippen molar-refractivity contribution < 1.29 is 29.2 Å². The normalized spacial score (nSPS) is 51.3. The van der Waals surface area contributed by atoms with Gasteiger partial charge in [-0.2, -0.15) is 0 Å². The van der Waals surface area contributed by atoms with Crippen molar-refractivity contribution in [3.05, 3.63) is 0 Å². The summed E-state index contributed by atoms with van der Waals surface area (Å²) in [5.41, 5.74) is -0.423. The molecule has 50 heavy (non-hydrogen) atoms. The predicted molar refractivity (Wildman–Crippen MR) is 195 cm³/mol. The fraction of sp³-hybridized carbons (Fsp3) is 1.00. The Labute approximate surface area is 303 Å². The van der Waals surface area contributed by atoms with Gasteiger partial charge in [-0.05, 0) is 144 Å². The van der Waals surface area contributed by atoms with Crippen LogP contribution in [0.15, 0.2) is 0 Å². The molecule has 0 aromatic rings. The number of hydrogen-bond acceptors (Lipinski definition) is 8. The molecule has 3 heterocycles. The van der Waals surface area contributed by atoms with E-state index < -0.39 is 17.8 Å². The molecule has 8 heteroatoms. The summed E-state index contributed by atoms with van der Waals surface area (Å²) in [6.45, 7) is 27.3. The van der Waals surface area contributed by atoms with Crippen LogP contribution in [0.3, 0.4) is 0 Å². The fourth-order valence-corrected chi connectivity index (χ4v) is 15.1. The van der Waals surface area contributed by atoms with Crippen molar-refractivity contribution in [2.45, 2.75) is 169 Å². The molecule has 3 saturated heterocycles. The largest absolute Gasteiger partial charge is 0.390 e. The van der Waals surface area contributed by atoms with Crippen molar-refractivity contribution in [2.75, 3.05) is 45.9 Å². The third-order valence-electron chi connectivity index (χ3n) is 17.6. The van der Waals surface area contributed by atoms with Crippen LogP contribution in [0.5, 0.6) is 0 Å². The number of likely N-dealkylation sites (tertiary alicyclic amines) is 1. The van der Waals surface area contributed by atoms with Crippen LogP contribution < -0.4 is 0 Å². The van der Waals surface area contributed by atoms with Gasteiger partial charge < -0.3 is 34.1 Å². The van der Waals surface area contributed by atoms with Gasteiger partial charge in [-0.1, -0.05) is 34.6 Å². The Kier molecular flexibility index (Phi) is 9.05. The van der Waals surface area contributed by atoms with Crippen molar-refractivity contribution in [3.63, 3.8) is 0 Å². The SMILES string of the molecule is CCO[C@@H]([C@H]1C[C@@H](C)[C@H]2[C@H](O1)[C@H](O)[C@@]1(C)[C@@H]3CC[C@H]4C(C)(C)[C@@H](O[C@H]5CN([C@@H](C)CN6CCC6)CCO5)CC[C@@]45C[C@@]35CC[C@]21C)C(C)(C)O. The molecule has 0 aromatic carbocycles. The van der Waals surface area contributed by atoms with Gasteiger partial charge in [0, 0.05) is 37.7 Å². The van der Waals surface area contributed by atoms with E-state index in [1.54, 1.807) is 0 Å². The van der Waals surface area contributed by atoms with Crippen LogP contribution in [0.1, 0.15) is 120 Å². The monoisotopic (exact) mass is 701 g/mol. The maximum atomic E-state index is 12.6. The first-order valence-corrected chi connectivity index (χ1v) is 20.9. The van der Waals surface area contributed by atoms with Crippen LogP contribution in [-0.4, -0.2) is 114 Å². The van der Waals surface area contributed by atoms with Gasteiger partial charge in [-0.3, -0.25) is 4.90 Å². The molecule has 286 valence electrons. The van der Waals surface area contributed by atoms with Crippen LogP contribution >= 0.6 is 0 Å². The van der Waals surface area contributed by atoms with E-state index in [-0.39, 0.29) is 40.8 Å². The Morgan fingerprint density at radius 1 is 0.980 bits per heavy atom. The van der Waals surface area contributed by atoms with Gasteiger partial charge >= 0.3 is 0 Å². The van der Waals surface area contributed by atoms with E-state index in [1.807, 2.05) is 20.8 Å². The van der Waals surface area contributed by atoms with Gasteiger partial charge in [-0.15, -0.1) is 0 Å². The summed E-state index contributed by atoms with van der Waals surface area (Å²) in [7, 11) is 0. The Morgan fingerprint density at radius 3 is 2.38 bits per heavy atom. The first-order valence-electron chi connectivity index (χ1n) is 20.9. The summed E-state index contributed by atoms with van der Waals surface area (Å²) in [6, 6.07) is 0.537. The highest BCUT2D eigenvalue weighted by Crippen LogP contribution is 2.89. The topological polar surface area (TPSA) is 83.9 Å². The molecule has 8 rings (SSSR count). The molecule has 8 aliphatic rings. The quantitative estimate of drug-likeness (QED) is 0.298. The molecule has 5 aliphatic carbocycles. The van der Waals surface area contributed by atoms with Crippen molar-refractivity contribution in [1.29, 1.82) is 0 Å². The minimum Gasteiger partial charge on any atom is -0.390 e. The van der Waals surface area contributed by atoms with E-state index in [1.165, 1.54) is 58.0 Å². The third kappa shape index (κ3) is 5.10. The van der Waals surface area contributed by atoms with Gasteiger partial charge in [0.25, 0.3) is 0 Å². The van der Waals surface area contributed by atoms with Crippen LogP contribution in [0, 0.1) is 50.7 Å². The zero-order valence-electron chi connectivity index (χ0n) is 33.1. The lowest BCUT2D eigenvalue weighted by Crippen LogP contribution is -2.60. The lowest BCUT2D eigenvalue weighted by molar-refractivity contribution is -0.251. The molecule has 2 N–H and O–H groups in total. The van der Waals surface area contributed by atoms with Crippen LogP contribution in [0.2, 0.25) is 0 Å². The third-order valence-corrected chi connectivity index (χ3v) is 17.6. The second-order valence-corrected chi connectivity index (χ2v) is 20.5. The van der Waals surface area contributed by atoms with Crippen molar-refractivity contribution in [2.24, 2.45) is 50.7 Å². The molecule has 0 bridgehead atoms. The zero-order valence-corrected chi connectivity index (χ0v) is 33.1. The molecular formula is C42H72N2O6. The fourth-order valence-electron chi connectivity index (χ4n) is 15.1. The molecule has 2 spiro atoms. The molecular weight excluding hydrogens is 628 g/mol. The predicted octanol–water partition coefficient (Wildman–Crippen LogP) is 6.11. The van der Waals surface area contributed by atoms with Crippen LogP contribution in [-0.2, 0) is 18.9 Å². The number of hydrogen-bond donors (Lipinski definition) is 2. The number of nitrogens with zero attached hydrogens (tertiary/aromatic N) is 2. The average Bonchev–Trinajstić information content (AvgIpc) is 3.67. The molecule has 0 unspecified atom stereocenters. The van der Waals surface area contributed by atoms with Gasteiger partial charge in [0.05, 0.1) is 36.6 Å². The summed E-state index contributed by atoms with van der Waals surface area (Å²) in [6.07, 6.45) is 9.50. The highest BCUT2D eigenvalue weighted by atomic mass is 16.7. The Bertz CT molecular complexity index is 1270. The number of morpholine rings is 1. The molecule has 15 atom stereocenters. The minimum absolute atomic E-state index is 0.0245. The molecule has 8 nitrogen and oxygen atoms in total. The first kappa shape index (κ1) is 36.6. The van der Waals surface area contributed by atoms with E-state index in [0.29, 0.717) is 47.2 Å². The van der Waals surface area contributed by atoms with Gasteiger partial charge in [0.15, 0.2) is 6.29 Å². The summed E-state index contributed by atoms with van der Waals surface area (Å²) >= 11 is 0. The van der Waals surface area contributed by atoms with E-state index in [2.05, 4.69) is 51.3 Å². The number of aliphatic hydroxyl groups is 2. The number of aliphatic hydroxyl groups excluding tert-OH is 1.